The van der Waals surface area contributed by atoms with Crippen molar-refractivity contribution in [3.63, 3.8) is 0 Å². The van der Waals surface area contributed by atoms with Crippen molar-refractivity contribution >= 4 is 11.9 Å². The van der Waals surface area contributed by atoms with Gasteiger partial charge in [0.15, 0.2) is 6.61 Å². The lowest BCUT2D eigenvalue weighted by atomic mass is 10.1. The Hall–Kier alpha value is -3.03. The number of carbonyl (C=O) groups excluding carboxylic acids is 2. The van der Waals surface area contributed by atoms with Gasteiger partial charge < -0.3 is 14.8 Å². The van der Waals surface area contributed by atoms with Gasteiger partial charge in [0, 0.05) is 6.04 Å². The number of alkyl halides is 3. The Morgan fingerprint density at radius 2 is 1.68 bits per heavy atom. The molecule has 0 aliphatic carbocycles. The van der Waals surface area contributed by atoms with Crippen LogP contribution in [0.1, 0.15) is 29.3 Å². The first-order valence-electron chi connectivity index (χ1n) is 8.59. The Labute approximate surface area is 160 Å². The van der Waals surface area contributed by atoms with Gasteiger partial charge in [0.05, 0.1) is 5.56 Å². The fourth-order valence-corrected chi connectivity index (χ4v) is 2.42. The van der Waals surface area contributed by atoms with Crippen molar-refractivity contribution in [3.05, 3.63) is 65.7 Å². The summed E-state index contributed by atoms with van der Waals surface area (Å²) in [5, 5.41) is 2.73. The molecule has 0 aromatic heterocycles. The van der Waals surface area contributed by atoms with E-state index in [0.717, 1.165) is 42.7 Å². The van der Waals surface area contributed by atoms with Crippen LogP contribution in [0.4, 0.5) is 13.2 Å². The van der Waals surface area contributed by atoms with Crippen LogP contribution in [0.3, 0.4) is 0 Å². The molecule has 2 aromatic rings. The van der Waals surface area contributed by atoms with Crippen LogP contribution in [0, 0.1) is 0 Å². The molecule has 0 aliphatic rings. The van der Waals surface area contributed by atoms with Crippen LogP contribution in [0.5, 0.6) is 5.75 Å². The molecule has 0 saturated heterocycles. The molecular formula is C20H20F3NO4. The summed E-state index contributed by atoms with van der Waals surface area (Å²) < 4.78 is 44.9. The average Bonchev–Trinajstić information content (AvgIpc) is 2.64. The maximum atomic E-state index is 12.1. The molecule has 0 aliphatic heterocycles. The predicted octanol–water partition coefficient (Wildman–Crippen LogP) is 3.88. The fourth-order valence-electron chi connectivity index (χ4n) is 2.42. The quantitative estimate of drug-likeness (QED) is 0.689. The number of esters is 1. The zero-order valence-corrected chi connectivity index (χ0v) is 15.2. The number of hydrogen-bond acceptors (Lipinski definition) is 4. The third-order valence-corrected chi connectivity index (χ3v) is 3.77. The number of aryl methyl sites for hydroxylation is 1. The van der Waals surface area contributed by atoms with Crippen molar-refractivity contribution in [1.29, 1.82) is 0 Å². The summed E-state index contributed by atoms with van der Waals surface area (Å²) in [6, 6.07) is 14.0. The molecule has 0 fully saturated rings. The number of ether oxygens (including phenoxy) is 2. The fraction of sp³-hybridized carbons (Fsp3) is 0.300. The van der Waals surface area contributed by atoms with Crippen molar-refractivity contribution in [1.82, 2.24) is 5.32 Å². The molecule has 28 heavy (non-hydrogen) atoms. The summed E-state index contributed by atoms with van der Waals surface area (Å²) >= 11 is 0. The van der Waals surface area contributed by atoms with Crippen LogP contribution in [0.2, 0.25) is 0 Å². The van der Waals surface area contributed by atoms with Crippen molar-refractivity contribution in [2.45, 2.75) is 32.2 Å². The molecule has 1 atom stereocenters. The van der Waals surface area contributed by atoms with E-state index in [1.54, 1.807) is 0 Å². The molecule has 2 rings (SSSR count). The molecule has 150 valence electrons. The summed E-state index contributed by atoms with van der Waals surface area (Å²) in [4.78, 5) is 23.8. The molecule has 1 amide bonds. The van der Waals surface area contributed by atoms with E-state index in [4.69, 9.17) is 4.74 Å². The highest BCUT2D eigenvalue weighted by Crippen LogP contribution is 2.22. The molecule has 0 radical (unpaired) electrons. The van der Waals surface area contributed by atoms with E-state index < -0.39 is 30.6 Å². The zero-order valence-electron chi connectivity index (χ0n) is 15.2. The number of nitrogens with one attached hydrogen (secondary N) is 1. The maximum Gasteiger partial charge on any atom is 0.573 e. The van der Waals surface area contributed by atoms with Crippen molar-refractivity contribution in [2.24, 2.45) is 0 Å². The van der Waals surface area contributed by atoms with Gasteiger partial charge >= 0.3 is 12.3 Å². The molecule has 1 N–H and O–H groups in total. The highest BCUT2D eigenvalue weighted by atomic mass is 19.4. The molecule has 0 heterocycles. The maximum absolute atomic E-state index is 12.1. The highest BCUT2D eigenvalue weighted by Gasteiger charge is 2.31. The average molecular weight is 395 g/mol. The molecule has 8 heteroatoms. The van der Waals surface area contributed by atoms with E-state index >= 15 is 0 Å². The lowest BCUT2D eigenvalue weighted by Crippen LogP contribution is -2.36. The molecular weight excluding hydrogens is 375 g/mol. The SMILES string of the molecule is C[C@@H](CCc1ccccc1)NC(=O)COC(=O)c1ccc(OC(F)(F)F)cc1. The van der Waals surface area contributed by atoms with Crippen LogP contribution < -0.4 is 10.1 Å². The second kappa shape index (κ2) is 9.77. The summed E-state index contributed by atoms with van der Waals surface area (Å²) in [6.45, 7) is 1.37. The normalized spacial score (nSPS) is 12.1. The molecule has 0 saturated carbocycles. The van der Waals surface area contributed by atoms with Gasteiger partial charge in [0.2, 0.25) is 0 Å². The van der Waals surface area contributed by atoms with Gasteiger partial charge in [-0.15, -0.1) is 13.2 Å². The second-order valence-corrected chi connectivity index (χ2v) is 6.14. The van der Waals surface area contributed by atoms with E-state index in [1.807, 2.05) is 37.3 Å². The third-order valence-electron chi connectivity index (χ3n) is 3.77. The van der Waals surface area contributed by atoms with Gasteiger partial charge in [-0.25, -0.2) is 4.79 Å². The summed E-state index contributed by atoms with van der Waals surface area (Å²) in [5.74, 6) is -1.72. The van der Waals surface area contributed by atoms with E-state index in [1.165, 1.54) is 0 Å². The number of carbonyl (C=O) groups is 2. The largest absolute Gasteiger partial charge is 0.573 e. The molecule has 0 spiro atoms. The molecule has 2 aromatic carbocycles. The first-order valence-corrected chi connectivity index (χ1v) is 8.59. The predicted molar refractivity (Wildman–Crippen MR) is 95.8 cm³/mol. The van der Waals surface area contributed by atoms with Crippen molar-refractivity contribution in [3.8, 4) is 5.75 Å². The minimum atomic E-state index is -4.81. The minimum Gasteiger partial charge on any atom is -0.452 e. The third kappa shape index (κ3) is 7.69. The van der Waals surface area contributed by atoms with Crippen LogP contribution in [-0.4, -0.2) is 30.9 Å². The van der Waals surface area contributed by atoms with E-state index in [9.17, 15) is 22.8 Å². The molecule has 0 bridgehead atoms. The first-order chi connectivity index (χ1) is 13.2. The number of hydrogen-bond donors (Lipinski definition) is 1. The smallest absolute Gasteiger partial charge is 0.452 e. The van der Waals surface area contributed by atoms with E-state index in [-0.39, 0.29) is 11.6 Å². The van der Waals surface area contributed by atoms with Crippen LogP contribution in [-0.2, 0) is 16.0 Å². The minimum absolute atomic E-state index is 0.0134. The van der Waals surface area contributed by atoms with Crippen LogP contribution in [0.15, 0.2) is 54.6 Å². The molecule has 0 unspecified atom stereocenters. The summed E-state index contributed by atoms with van der Waals surface area (Å²) in [5.41, 5.74) is 1.17. The van der Waals surface area contributed by atoms with E-state index in [2.05, 4.69) is 10.1 Å². The van der Waals surface area contributed by atoms with Gasteiger partial charge in [-0.3, -0.25) is 4.79 Å². The lowest BCUT2D eigenvalue weighted by molar-refractivity contribution is -0.274. The van der Waals surface area contributed by atoms with Crippen molar-refractivity contribution in [2.75, 3.05) is 6.61 Å². The Bertz CT molecular complexity index is 776. The topological polar surface area (TPSA) is 64.6 Å². The Balaban J connectivity index is 1.73. The van der Waals surface area contributed by atoms with Gasteiger partial charge in [-0.2, -0.15) is 0 Å². The Morgan fingerprint density at radius 1 is 1.04 bits per heavy atom. The summed E-state index contributed by atoms with van der Waals surface area (Å²) in [6.07, 6.45) is -3.28. The van der Waals surface area contributed by atoms with Gasteiger partial charge in [-0.1, -0.05) is 30.3 Å². The van der Waals surface area contributed by atoms with Gasteiger partial charge in [0.25, 0.3) is 5.91 Å². The molecule has 5 nitrogen and oxygen atoms in total. The standard InChI is InChI=1S/C20H20F3NO4/c1-14(7-8-15-5-3-2-4-6-15)24-18(25)13-27-19(26)16-9-11-17(12-10-16)28-20(21,22)23/h2-6,9-12,14H,7-8,13H2,1H3,(H,24,25)/t14-/m0/s1. The number of rotatable bonds is 8. The second-order valence-electron chi connectivity index (χ2n) is 6.14. The Kier molecular flexibility index (Phi) is 7.43. The van der Waals surface area contributed by atoms with Gasteiger partial charge in [0.1, 0.15) is 5.75 Å². The Morgan fingerprint density at radius 3 is 2.29 bits per heavy atom. The highest BCUT2D eigenvalue weighted by molar-refractivity contribution is 5.91. The zero-order chi connectivity index (χ0) is 20.6. The first kappa shape index (κ1) is 21.3. The van der Waals surface area contributed by atoms with Crippen molar-refractivity contribution < 1.29 is 32.2 Å². The van der Waals surface area contributed by atoms with Crippen LogP contribution in [0.25, 0.3) is 0 Å². The lowest BCUT2D eigenvalue weighted by Gasteiger charge is -2.14. The monoisotopic (exact) mass is 395 g/mol. The van der Waals surface area contributed by atoms with Crippen LogP contribution >= 0.6 is 0 Å². The summed E-state index contributed by atoms with van der Waals surface area (Å²) in [7, 11) is 0. The van der Waals surface area contributed by atoms with E-state index in [0.29, 0.717) is 0 Å². The van der Waals surface area contributed by atoms with Gasteiger partial charge in [-0.05, 0) is 49.6 Å². The number of halogens is 3. The number of benzene rings is 2. The number of amides is 1.